The van der Waals surface area contributed by atoms with Gasteiger partial charge < -0.3 is 15.6 Å². The number of rotatable bonds is 4. The summed E-state index contributed by atoms with van der Waals surface area (Å²) in [7, 11) is 1.83. The lowest BCUT2D eigenvalue weighted by molar-refractivity contribution is 0.410. The Morgan fingerprint density at radius 2 is 2.09 bits per heavy atom. The van der Waals surface area contributed by atoms with E-state index in [1.807, 2.05) is 25.2 Å². The molecule has 0 saturated heterocycles. The highest BCUT2D eigenvalue weighted by atomic mass is 15.2. The molecule has 3 N–H and O–H groups in total. The molecule has 0 amide bonds. The zero-order valence-corrected chi connectivity index (χ0v) is 13.2. The molecule has 2 aromatic rings. The zero-order chi connectivity index (χ0) is 15.2. The summed E-state index contributed by atoms with van der Waals surface area (Å²) in [4.78, 5) is 12.3. The van der Waals surface area contributed by atoms with E-state index in [-0.39, 0.29) is 0 Å². The van der Waals surface area contributed by atoms with Crippen LogP contribution in [0.4, 0.5) is 0 Å². The number of nitrogens with zero attached hydrogens (tertiary/aromatic N) is 2. The minimum absolute atomic E-state index is 0.575. The fraction of sp³-hybridized carbons (Fsp3) is 0.529. The summed E-state index contributed by atoms with van der Waals surface area (Å²) in [6.07, 6.45) is 7.39. The van der Waals surface area contributed by atoms with Gasteiger partial charge in [0.2, 0.25) is 0 Å². The van der Waals surface area contributed by atoms with Crippen molar-refractivity contribution in [1.29, 1.82) is 0 Å². The first-order valence-corrected chi connectivity index (χ1v) is 8.26. The monoisotopic (exact) mass is 299 g/mol. The van der Waals surface area contributed by atoms with Gasteiger partial charge in [-0.1, -0.05) is 31.4 Å². The molecule has 1 aliphatic carbocycles. The summed E-state index contributed by atoms with van der Waals surface area (Å²) >= 11 is 0. The molecule has 0 radical (unpaired) electrons. The normalized spacial score (nSPS) is 16.9. The molecule has 1 aromatic carbocycles. The Balaban J connectivity index is 1.48. The number of nitrogens with one attached hydrogen (secondary N) is 3. The van der Waals surface area contributed by atoms with E-state index in [0.29, 0.717) is 6.04 Å². The maximum absolute atomic E-state index is 4.60. The van der Waals surface area contributed by atoms with Gasteiger partial charge in [0.1, 0.15) is 5.82 Å². The van der Waals surface area contributed by atoms with Gasteiger partial charge in [0.25, 0.3) is 0 Å². The van der Waals surface area contributed by atoms with Crippen molar-refractivity contribution in [1.82, 2.24) is 20.6 Å². The molecular formula is C17H25N5. The number of para-hydroxylation sites is 2. The highest BCUT2D eigenvalue weighted by Gasteiger charge is 2.14. The van der Waals surface area contributed by atoms with Gasteiger partial charge in [0.05, 0.1) is 11.0 Å². The van der Waals surface area contributed by atoms with Crippen LogP contribution in [0.5, 0.6) is 0 Å². The number of fused-ring (bicyclic) bond motifs is 1. The summed E-state index contributed by atoms with van der Waals surface area (Å²) < 4.78 is 0. The number of aromatic nitrogens is 2. The topological polar surface area (TPSA) is 65.1 Å². The van der Waals surface area contributed by atoms with Crippen molar-refractivity contribution in [2.24, 2.45) is 4.99 Å². The molecule has 5 nitrogen and oxygen atoms in total. The Labute approximate surface area is 131 Å². The highest BCUT2D eigenvalue weighted by molar-refractivity contribution is 5.80. The van der Waals surface area contributed by atoms with Gasteiger partial charge in [0.15, 0.2) is 5.96 Å². The molecule has 0 spiro atoms. The Morgan fingerprint density at radius 1 is 1.27 bits per heavy atom. The van der Waals surface area contributed by atoms with Crippen LogP contribution in [0.1, 0.15) is 37.9 Å². The van der Waals surface area contributed by atoms with Crippen molar-refractivity contribution in [3.63, 3.8) is 0 Å². The van der Waals surface area contributed by atoms with Gasteiger partial charge in [-0.3, -0.25) is 4.99 Å². The third-order valence-electron chi connectivity index (χ3n) is 4.26. The Bertz CT molecular complexity index is 592. The van der Waals surface area contributed by atoms with E-state index in [2.05, 4.69) is 31.7 Å². The van der Waals surface area contributed by atoms with Crippen LogP contribution in [-0.2, 0) is 6.42 Å². The van der Waals surface area contributed by atoms with Crippen LogP contribution in [-0.4, -0.2) is 35.6 Å². The first-order valence-electron chi connectivity index (χ1n) is 8.26. The molecule has 22 heavy (non-hydrogen) atoms. The molecular weight excluding hydrogens is 274 g/mol. The Hall–Kier alpha value is -2.04. The third-order valence-corrected chi connectivity index (χ3v) is 4.26. The van der Waals surface area contributed by atoms with Crippen LogP contribution >= 0.6 is 0 Å². The van der Waals surface area contributed by atoms with Gasteiger partial charge in [-0.25, -0.2) is 4.98 Å². The second-order valence-electron chi connectivity index (χ2n) is 5.93. The molecule has 5 heteroatoms. The van der Waals surface area contributed by atoms with Gasteiger partial charge in [-0.05, 0) is 25.0 Å². The summed E-state index contributed by atoms with van der Waals surface area (Å²) in [5, 5.41) is 6.92. The van der Waals surface area contributed by atoms with Crippen LogP contribution in [0.15, 0.2) is 29.3 Å². The predicted octanol–water partition coefficient (Wildman–Crippen LogP) is 2.60. The summed E-state index contributed by atoms with van der Waals surface area (Å²) in [6, 6.07) is 8.71. The van der Waals surface area contributed by atoms with Gasteiger partial charge in [-0.15, -0.1) is 0 Å². The number of hydrogen-bond donors (Lipinski definition) is 3. The number of aromatic amines is 1. The van der Waals surface area contributed by atoms with E-state index in [0.717, 1.165) is 35.8 Å². The number of guanidine groups is 1. The largest absolute Gasteiger partial charge is 0.356 e. The second-order valence-corrected chi connectivity index (χ2v) is 5.93. The standard InChI is InChI=1S/C17H25N5/c1-18-17(20-13-7-3-2-4-8-13)19-12-11-16-21-14-9-5-6-10-15(14)22-16/h5-6,9-10,13H,2-4,7-8,11-12H2,1H3,(H,21,22)(H2,18,19,20). The van der Waals surface area contributed by atoms with Crippen LogP contribution in [0.3, 0.4) is 0 Å². The molecule has 0 atom stereocenters. The molecule has 1 heterocycles. The van der Waals surface area contributed by atoms with Gasteiger partial charge in [-0.2, -0.15) is 0 Å². The van der Waals surface area contributed by atoms with E-state index in [9.17, 15) is 0 Å². The maximum Gasteiger partial charge on any atom is 0.191 e. The van der Waals surface area contributed by atoms with E-state index in [4.69, 9.17) is 0 Å². The number of imidazole rings is 1. The lowest BCUT2D eigenvalue weighted by atomic mass is 9.96. The van der Waals surface area contributed by atoms with Crippen molar-refractivity contribution >= 4 is 17.0 Å². The molecule has 0 aliphatic heterocycles. The van der Waals surface area contributed by atoms with Crippen molar-refractivity contribution < 1.29 is 0 Å². The Morgan fingerprint density at radius 3 is 2.86 bits per heavy atom. The number of H-pyrrole nitrogens is 1. The average molecular weight is 299 g/mol. The van der Waals surface area contributed by atoms with Gasteiger partial charge in [0, 0.05) is 26.1 Å². The number of aliphatic imine (C=N–C) groups is 1. The lowest BCUT2D eigenvalue weighted by Gasteiger charge is -2.24. The van der Waals surface area contributed by atoms with Crippen LogP contribution in [0.25, 0.3) is 11.0 Å². The minimum atomic E-state index is 0.575. The molecule has 1 aliphatic rings. The van der Waals surface area contributed by atoms with Crippen molar-refractivity contribution in [2.45, 2.75) is 44.6 Å². The van der Waals surface area contributed by atoms with Crippen molar-refractivity contribution in [2.75, 3.05) is 13.6 Å². The molecule has 1 fully saturated rings. The Kier molecular flexibility index (Phi) is 4.93. The zero-order valence-electron chi connectivity index (χ0n) is 13.2. The molecule has 0 unspecified atom stereocenters. The van der Waals surface area contributed by atoms with Gasteiger partial charge >= 0.3 is 0 Å². The third kappa shape index (κ3) is 3.78. The van der Waals surface area contributed by atoms with Crippen LogP contribution in [0, 0.1) is 0 Å². The summed E-state index contributed by atoms with van der Waals surface area (Å²) in [6.45, 7) is 0.826. The van der Waals surface area contributed by atoms with Crippen molar-refractivity contribution in [3.05, 3.63) is 30.1 Å². The minimum Gasteiger partial charge on any atom is -0.356 e. The lowest BCUT2D eigenvalue weighted by Crippen LogP contribution is -2.44. The van der Waals surface area contributed by atoms with Crippen LogP contribution in [0.2, 0.25) is 0 Å². The predicted molar refractivity (Wildman–Crippen MR) is 91.2 cm³/mol. The first-order chi connectivity index (χ1) is 10.8. The smallest absolute Gasteiger partial charge is 0.191 e. The summed E-state index contributed by atoms with van der Waals surface area (Å²) in [5.74, 6) is 1.92. The molecule has 0 bridgehead atoms. The van der Waals surface area contributed by atoms with E-state index in [1.54, 1.807) is 0 Å². The maximum atomic E-state index is 4.60. The first kappa shape index (κ1) is 14.9. The second kappa shape index (κ2) is 7.29. The van der Waals surface area contributed by atoms with E-state index >= 15 is 0 Å². The highest BCUT2D eigenvalue weighted by Crippen LogP contribution is 2.17. The molecule has 3 rings (SSSR count). The number of benzene rings is 1. The fourth-order valence-corrected chi connectivity index (χ4v) is 3.06. The summed E-state index contributed by atoms with van der Waals surface area (Å²) in [5.41, 5.74) is 2.13. The van der Waals surface area contributed by atoms with E-state index in [1.165, 1.54) is 32.1 Å². The van der Waals surface area contributed by atoms with Crippen molar-refractivity contribution in [3.8, 4) is 0 Å². The van der Waals surface area contributed by atoms with E-state index < -0.39 is 0 Å². The SMILES string of the molecule is CN=C(NCCc1nc2ccccc2[nH]1)NC1CCCCC1. The average Bonchev–Trinajstić information content (AvgIpc) is 2.97. The van der Waals surface area contributed by atoms with Crippen LogP contribution < -0.4 is 10.6 Å². The fourth-order valence-electron chi connectivity index (χ4n) is 3.06. The molecule has 1 saturated carbocycles. The number of hydrogen-bond acceptors (Lipinski definition) is 2. The quantitative estimate of drug-likeness (QED) is 0.600. The molecule has 118 valence electrons. The molecule has 1 aromatic heterocycles.